The summed E-state index contributed by atoms with van der Waals surface area (Å²) in [5.41, 5.74) is 4.64. The van der Waals surface area contributed by atoms with Crippen LogP contribution in [0.15, 0.2) is 122 Å². The number of esters is 1. The summed E-state index contributed by atoms with van der Waals surface area (Å²) in [5.74, 6) is 1.16. The Morgan fingerprint density at radius 1 is 0.667 bits per heavy atom. The quantitative estimate of drug-likeness (QED) is 0.0701. The van der Waals surface area contributed by atoms with Crippen molar-refractivity contribution in [2.24, 2.45) is 0 Å². The molecule has 0 amide bonds. The van der Waals surface area contributed by atoms with Crippen LogP contribution in [-0.4, -0.2) is 67.9 Å². The number of carbonyl (C=O) groups excluding carboxylic acids is 1. The molecule has 60 heavy (non-hydrogen) atoms. The van der Waals surface area contributed by atoms with Gasteiger partial charge < -0.3 is 49.3 Å². The third-order valence-corrected chi connectivity index (χ3v) is 9.24. The summed E-state index contributed by atoms with van der Waals surface area (Å²) in [6, 6.07) is 33.3. The van der Waals surface area contributed by atoms with E-state index in [9.17, 15) is 19.6 Å². The van der Waals surface area contributed by atoms with Crippen LogP contribution in [-0.2, 0) is 36.7 Å². The van der Waals surface area contributed by atoms with Crippen molar-refractivity contribution in [1.82, 2.24) is 19.9 Å². The van der Waals surface area contributed by atoms with Gasteiger partial charge in [-0.25, -0.2) is 9.97 Å². The molecule has 0 radical (unpaired) electrons. The fourth-order valence-corrected chi connectivity index (χ4v) is 6.46. The number of carboxylic acid groups (broad SMARTS) is 1. The average molecular weight is 810 g/mol. The highest BCUT2D eigenvalue weighted by atomic mass is 16.6. The lowest BCUT2D eigenvalue weighted by atomic mass is 9.79. The molecular weight excluding hydrogens is 770 g/mol. The molecule has 2 aromatic heterocycles. The molecule has 0 saturated heterocycles. The van der Waals surface area contributed by atoms with E-state index in [0.29, 0.717) is 71.3 Å². The van der Waals surface area contributed by atoms with Crippen LogP contribution in [0.1, 0.15) is 54.2 Å². The van der Waals surface area contributed by atoms with E-state index < -0.39 is 32.4 Å². The van der Waals surface area contributed by atoms with Crippen LogP contribution < -0.4 is 31.0 Å². The standard InChI is InChI=1S/C22H22BN3O5.C20H18BN3O5/c1-2-29-21(27)13-19-17-9-8-16(12-18(17)23(28)31-19)30-20-10-11-24-22(26-20)25-14-15-6-4-3-5-7-15;25-19(26)11-17-15-7-6-14(10-16(15)21(27)29-17)28-18-8-9-22-20(24-18)23-12-13-4-2-1-3-5-13/h3-12,19,28H,2,13-14H2,1H3,(H,24,25,26);1-10,17,27H,11-12H2,(H,25,26)(H,22,23,24). The Morgan fingerprint density at radius 3 is 1.58 bits per heavy atom. The maximum absolute atomic E-state index is 11.8. The molecule has 5 N–H and O–H groups in total. The van der Waals surface area contributed by atoms with Crippen LogP contribution in [0.25, 0.3) is 0 Å². The largest absolute Gasteiger partial charge is 0.492 e. The van der Waals surface area contributed by atoms with Crippen LogP contribution >= 0.6 is 0 Å². The molecule has 4 aromatic carbocycles. The van der Waals surface area contributed by atoms with Crippen molar-refractivity contribution in [3.05, 3.63) is 144 Å². The van der Waals surface area contributed by atoms with Crippen molar-refractivity contribution < 1.29 is 48.3 Å². The normalized spacial score (nSPS) is 14.9. The highest BCUT2D eigenvalue weighted by Crippen LogP contribution is 2.31. The molecule has 16 nitrogen and oxygen atoms in total. The molecule has 2 unspecified atom stereocenters. The van der Waals surface area contributed by atoms with E-state index in [1.165, 1.54) is 0 Å². The lowest BCUT2D eigenvalue weighted by Crippen LogP contribution is -2.28. The van der Waals surface area contributed by atoms with Gasteiger partial charge in [-0.3, -0.25) is 9.59 Å². The van der Waals surface area contributed by atoms with Gasteiger partial charge in [0.1, 0.15) is 11.5 Å². The first-order valence-corrected chi connectivity index (χ1v) is 19.1. The predicted octanol–water partition coefficient (Wildman–Crippen LogP) is 4.71. The van der Waals surface area contributed by atoms with Crippen molar-refractivity contribution in [1.29, 1.82) is 0 Å². The number of nitrogens with zero attached hydrogens (tertiary/aromatic N) is 4. The van der Waals surface area contributed by atoms with Gasteiger partial charge in [-0.1, -0.05) is 72.8 Å². The Labute approximate surface area is 345 Å². The van der Waals surface area contributed by atoms with Gasteiger partial charge in [0.2, 0.25) is 23.7 Å². The van der Waals surface area contributed by atoms with Gasteiger partial charge >= 0.3 is 26.2 Å². The third-order valence-electron chi connectivity index (χ3n) is 9.24. The van der Waals surface area contributed by atoms with Crippen molar-refractivity contribution in [3.63, 3.8) is 0 Å². The fourth-order valence-electron chi connectivity index (χ4n) is 6.46. The molecule has 304 valence electrons. The molecule has 0 saturated carbocycles. The summed E-state index contributed by atoms with van der Waals surface area (Å²) < 4.78 is 27.4. The van der Waals surface area contributed by atoms with E-state index in [4.69, 9.17) is 28.6 Å². The van der Waals surface area contributed by atoms with E-state index in [2.05, 4.69) is 30.6 Å². The number of carboxylic acids is 1. The van der Waals surface area contributed by atoms with E-state index in [1.807, 2.05) is 60.7 Å². The molecule has 4 heterocycles. The highest BCUT2D eigenvalue weighted by molar-refractivity contribution is 6.62. The molecular formula is C42H40B2N6O10. The summed E-state index contributed by atoms with van der Waals surface area (Å²) in [6.07, 6.45) is 1.79. The second-order valence-electron chi connectivity index (χ2n) is 13.5. The topological polar surface area (TPSA) is 217 Å². The summed E-state index contributed by atoms with van der Waals surface area (Å²) >= 11 is 0. The minimum atomic E-state index is -1.19. The number of rotatable bonds is 15. The average Bonchev–Trinajstić information content (AvgIpc) is 3.73. The molecule has 0 spiro atoms. The molecule has 0 fully saturated rings. The van der Waals surface area contributed by atoms with Crippen LogP contribution in [0.5, 0.6) is 23.3 Å². The predicted molar refractivity (Wildman–Crippen MR) is 221 cm³/mol. The fraction of sp³-hybridized carbons (Fsp3) is 0.190. The Bertz CT molecular complexity index is 2400. The number of benzene rings is 4. The van der Waals surface area contributed by atoms with Gasteiger partial charge in [-0.15, -0.1) is 0 Å². The van der Waals surface area contributed by atoms with E-state index in [0.717, 1.165) is 16.7 Å². The zero-order valence-corrected chi connectivity index (χ0v) is 32.4. The number of hydrogen-bond acceptors (Lipinski definition) is 15. The smallest absolute Gasteiger partial charge is 0.481 e. The van der Waals surface area contributed by atoms with E-state index >= 15 is 0 Å². The number of aromatic nitrogens is 4. The molecule has 6 aromatic rings. The van der Waals surface area contributed by atoms with Crippen LogP contribution in [0, 0.1) is 0 Å². The molecule has 2 aliphatic rings. The molecule has 18 heteroatoms. The summed E-state index contributed by atoms with van der Waals surface area (Å²) in [7, 11) is -2.32. The first-order valence-electron chi connectivity index (χ1n) is 19.1. The second kappa shape index (κ2) is 19.7. The van der Waals surface area contributed by atoms with Crippen LogP contribution in [0.3, 0.4) is 0 Å². The summed E-state index contributed by atoms with van der Waals surface area (Å²) in [4.78, 5) is 39.8. The number of carbonyl (C=O) groups is 2. The van der Waals surface area contributed by atoms with Gasteiger partial charge in [-0.2, -0.15) is 9.97 Å². The molecule has 2 atom stereocenters. The first kappa shape index (κ1) is 41.3. The van der Waals surface area contributed by atoms with Gasteiger partial charge in [0, 0.05) is 37.6 Å². The molecule has 0 aliphatic carbocycles. The van der Waals surface area contributed by atoms with Crippen molar-refractivity contribution in [2.45, 2.75) is 45.1 Å². The SMILES string of the molecule is CCOC(=O)CC1OB(O)c2cc(Oc3ccnc(NCc4ccccc4)n3)ccc21.O=C(O)CC1OB(O)c2cc(Oc3ccnc(NCc4ccccc4)n3)ccc21. The Balaban J connectivity index is 0.000000182. The minimum Gasteiger partial charge on any atom is -0.481 e. The number of hydrogen-bond donors (Lipinski definition) is 5. The van der Waals surface area contributed by atoms with Crippen molar-refractivity contribution in [2.75, 3.05) is 17.2 Å². The van der Waals surface area contributed by atoms with Crippen LogP contribution in [0.4, 0.5) is 11.9 Å². The molecule has 0 bridgehead atoms. The number of aliphatic carboxylic acids is 1. The lowest BCUT2D eigenvalue weighted by molar-refractivity contribution is -0.145. The number of nitrogens with one attached hydrogen (secondary N) is 2. The van der Waals surface area contributed by atoms with Crippen molar-refractivity contribution >= 4 is 49.0 Å². The molecule has 2 aliphatic heterocycles. The second-order valence-corrected chi connectivity index (χ2v) is 13.5. The van der Waals surface area contributed by atoms with Gasteiger partial charge in [0.15, 0.2) is 0 Å². The highest BCUT2D eigenvalue weighted by Gasteiger charge is 2.38. The minimum absolute atomic E-state index is 0.0421. The monoisotopic (exact) mass is 810 g/mol. The summed E-state index contributed by atoms with van der Waals surface area (Å²) in [6.45, 7) is 3.22. The first-order chi connectivity index (χ1) is 29.2. The summed E-state index contributed by atoms with van der Waals surface area (Å²) in [5, 5.41) is 35.6. The third kappa shape index (κ3) is 11.0. The maximum atomic E-state index is 11.8. The van der Waals surface area contributed by atoms with Gasteiger partial charge in [0.05, 0.1) is 31.7 Å². The Hall–Kier alpha value is -6.85. The van der Waals surface area contributed by atoms with E-state index in [1.54, 1.807) is 67.8 Å². The zero-order valence-electron chi connectivity index (χ0n) is 32.4. The maximum Gasteiger partial charge on any atom is 0.492 e. The van der Waals surface area contributed by atoms with Crippen molar-refractivity contribution in [3.8, 4) is 23.3 Å². The number of fused-ring (bicyclic) bond motifs is 2. The number of anilines is 2. The lowest BCUT2D eigenvalue weighted by Gasteiger charge is -2.12. The van der Waals surface area contributed by atoms with Gasteiger partial charge in [-0.05, 0) is 64.4 Å². The van der Waals surface area contributed by atoms with Crippen LogP contribution in [0.2, 0.25) is 0 Å². The Kier molecular flexibility index (Phi) is 13.6. The molecule has 8 rings (SSSR count). The van der Waals surface area contributed by atoms with Gasteiger partial charge in [0.25, 0.3) is 0 Å². The van der Waals surface area contributed by atoms with E-state index in [-0.39, 0.29) is 18.8 Å². The zero-order chi connectivity index (χ0) is 41.8. The Morgan fingerprint density at radius 2 is 1.13 bits per heavy atom. The number of ether oxygens (including phenoxy) is 3.